The third kappa shape index (κ3) is 3.58. The Balaban J connectivity index is 2.46. The molecule has 0 heterocycles. The zero-order valence-corrected chi connectivity index (χ0v) is 11.0. The molecule has 0 amide bonds. The number of aliphatic hydroxyl groups is 1. The molecule has 1 atom stereocenters. The van der Waals surface area contributed by atoms with E-state index < -0.39 is 5.60 Å². The van der Waals surface area contributed by atoms with Crippen molar-refractivity contribution in [2.45, 2.75) is 71.3 Å². The van der Waals surface area contributed by atoms with Gasteiger partial charge in [-0.1, -0.05) is 33.6 Å². The molecule has 1 fully saturated rings. The Morgan fingerprint density at radius 2 is 2.00 bits per heavy atom. The van der Waals surface area contributed by atoms with Crippen LogP contribution in [0, 0.1) is 11.8 Å². The smallest absolute Gasteiger partial charge is 0.164 e. The summed E-state index contributed by atoms with van der Waals surface area (Å²) in [7, 11) is 0. The van der Waals surface area contributed by atoms with Crippen LogP contribution in [0.1, 0.15) is 65.7 Å². The third-order valence-electron chi connectivity index (χ3n) is 3.94. The standard InChI is InChI=1S/C14H26O2/c1-4-5-12(3)10-13(15)14(16)8-6-11(2)7-9-14/h11-12,16H,4-10H2,1-3H3. The van der Waals surface area contributed by atoms with Crippen LogP contribution >= 0.6 is 0 Å². The second-order valence-electron chi connectivity index (χ2n) is 5.74. The summed E-state index contributed by atoms with van der Waals surface area (Å²) in [4.78, 5) is 12.1. The fraction of sp³-hybridized carbons (Fsp3) is 0.929. The van der Waals surface area contributed by atoms with E-state index in [1.165, 1.54) is 0 Å². The minimum atomic E-state index is -0.992. The molecule has 0 radical (unpaired) electrons. The lowest BCUT2D eigenvalue weighted by atomic mass is 9.75. The Labute approximate surface area is 99.4 Å². The highest BCUT2D eigenvalue weighted by molar-refractivity contribution is 5.87. The van der Waals surface area contributed by atoms with Crippen LogP contribution in [0.4, 0.5) is 0 Å². The highest BCUT2D eigenvalue weighted by Crippen LogP contribution is 2.34. The molecule has 1 saturated carbocycles. The van der Waals surface area contributed by atoms with Gasteiger partial charge in [0.15, 0.2) is 5.78 Å². The van der Waals surface area contributed by atoms with Gasteiger partial charge in [-0.2, -0.15) is 0 Å². The molecule has 1 aliphatic carbocycles. The minimum absolute atomic E-state index is 0.0837. The normalized spacial score (nSPS) is 32.4. The SMILES string of the molecule is CCCC(C)CC(=O)C1(O)CCC(C)CC1. The monoisotopic (exact) mass is 226 g/mol. The van der Waals surface area contributed by atoms with Crippen LogP contribution in [-0.4, -0.2) is 16.5 Å². The lowest BCUT2D eigenvalue weighted by Crippen LogP contribution is -2.42. The van der Waals surface area contributed by atoms with Gasteiger partial charge in [0, 0.05) is 6.42 Å². The van der Waals surface area contributed by atoms with Crippen LogP contribution in [-0.2, 0) is 4.79 Å². The Morgan fingerprint density at radius 1 is 1.44 bits per heavy atom. The van der Waals surface area contributed by atoms with Crippen molar-refractivity contribution in [3.63, 3.8) is 0 Å². The van der Waals surface area contributed by atoms with Crippen molar-refractivity contribution < 1.29 is 9.90 Å². The fourth-order valence-corrected chi connectivity index (χ4v) is 2.62. The van der Waals surface area contributed by atoms with E-state index in [2.05, 4.69) is 20.8 Å². The maximum Gasteiger partial charge on any atom is 0.164 e. The molecule has 94 valence electrons. The van der Waals surface area contributed by atoms with Gasteiger partial charge in [0.25, 0.3) is 0 Å². The second kappa shape index (κ2) is 5.81. The van der Waals surface area contributed by atoms with E-state index in [9.17, 15) is 9.90 Å². The number of Topliss-reactive ketones (excluding diaryl/α,β-unsaturated/α-hetero) is 1. The van der Waals surface area contributed by atoms with Gasteiger partial charge in [0.2, 0.25) is 0 Å². The Morgan fingerprint density at radius 3 is 2.50 bits per heavy atom. The third-order valence-corrected chi connectivity index (χ3v) is 3.94. The quantitative estimate of drug-likeness (QED) is 0.780. The molecule has 0 aromatic heterocycles. The van der Waals surface area contributed by atoms with E-state index in [0.717, 1.165) is 25.7 Å². The van der Waals surface area contributed by atoms with Crippen LogP contribution in [0.3, 0.4) is 0 Å². The molecule has 0 aromatic carbocycles. The highest BCUT2D eigenvalue weighted by atomic mass is 16.3. The highest BCUT2D eigenvalue weighted by Gasteiger charge is 2.38. The maximum atomic E-state index is 12.1. The van der Waals surface area contributed by atoms with Crippen LogP contribution in [0.5, 0.6) is 0 Å². The van der Waals surface area contributed by atoms with Crippen molar-refractivity contribution in [3.8, 4) is 0 Å². The van der Waals surface area contributed by atoms with Gasteiger partial charge >= 0.3 is 0 Å². The van der Waals surface area contributed by atoms with Crippen molar-refractivity contribution in [1.82, 2.24) is 0 Å². The molecule has 0 spiro atoms. The molecule has 16 heavy (non-hydrogen) atoms. The van der Waals surface area contributed by atoms with Gasteiger partial charge in [-0.25, -0.2) is 0 Å². The summed E-state index contributed by atoms with van der Waals surface area (Å²) in [5.41, 5.74) is -0.992. The molecule has 2 nitrogen and oxygen atoms in total. The first-order valence-corrected chi connectivity index (χ1v) is 6.73. The van der Waals surface area contributed by atoms with Crippen LogP contribution in [0.25, 0.3) is 0 Å². The summed E-state index contributed by atoms with van der Waals surface area (Å²) in [6.07, 6.45) is 6.08. The molecule has 0 bridgehead atoms. The summed E-state index contributed by atoms with van der Waals surface area (Å²) in [6.45, 7) is 6.44. The summed E-state index contributed by atoms with van der Waals surface area (Å²) >= 11 is 0. The van der Waals surface area contributed by atoms with Crippen molar-refractivity contribution in [3.05, 3.63) is 0 Å². The van der Waals surface area contributed by atoms with Crippen LogP contribution in [0.15, 0.2) is 0 Å². The lowest BCUT2D eigenvalue weighted by molar-refractivity contribution is -0.142. The summed E-state index contributed by atoms with van der Waals surface area (Å²) < 4.78 is 0. The maximum absolute atomic E-state index is 12.1. The van der Waals surface area contributed by atoms with Gasteiger partial charge < -0.3 is 5.11 Å². The van der Waals surface area contributed by atoms with Crippen molar-refractivity contribution in [2.75, 3.05) is 0 Å². The number of hydrogen-bond acceptors (Lipinski definition) is 2. The van der Waals surface area contributed by atoms with Gasteiger partial charge in [0.05, 0.1) is 0 Å². The van der Waals surface area contributed by atoms with E-state index in [1.807, 2.05) is 0 Å². The van der Waals surface area contributed by atoms with E-state index in [-0.39, 0.29) is 5.78 Å². The zero-order chi connectivity index (χ0) is 12.2. The molecule has 0 saturated heterocycles. The molecule has 0 aromatic rings. The first-order valence-electron chi connectivity index (χ1n) is 6.73. The zero-order valence-electron chi connectivity index (χ0n) is 11.0. The number of carbonyl (C=O) groups is 1. The number of rotatable bonds is 5. The molecule has 1 unspecified atom stereocenters. The first-order chi connectivity index (χ1) is 7.48. The molecule has 1 aliphatic rings. The summed E-state index contributed by atoms with van der Waals surface area (Å²) in [6, 6.07) is 0. The predicted molar refractivity (Wildman–Crippen MR) is 66.3 cm³/mol. The second-order valence-corrected chi connectivity index (χ2v) is 5.74. The fourth-order valence-electron chi connectivity index (χ4n) is 2.62. The van der Waals surface area contributed by atoms with Crippen LogP contribution < -0.4 is 0 Å². The Bertz CT molecular complexity index is 227. The Kier molecular flexibility index (Phi) is 4.97. The number of carbonyl (C=O) groups excluding carboxylic acids is 1. The number of ketones is 1. The van der Waals surface area contributed by atoms with Crippen molar-refractivity contribution in [1.29, 1.82) is 0 Å². The molecule has 1 N–H and O–H groups in total. The number of hydrogen-bond donors (Lipinski definition) is 1. The molecule has 1 rings (SSSR count). The van der Waals surface area contributed by atoms with E-state index >= 15 is 0 Å². The van der Waals surface area contributed by atoms with Gasteiger partial charge in [-0.05, 0) is 37.5 Å². The predicted octanol–water partition coefficient (Wildman–Crippen LogP) is 3.32. The first kappa shape index (κ1) is 13.7. The minimum Gasteiger partial charge on any atom is -0.382 e. The van der Waals surface area contributed by atoms with E-state index in [1.54, 1.807) is 0 Å². The Hall–Kier alpha value is -0.370. The van der Waals surface area contributed by atoms with E-state index in [4.69, 9.17) is 0 Å². The van der Waals surface area contributed by atoms with E-state index in [0.29, 0.717) is 31.1 Å². The van der Waals surface area contributed by atoms with Crippen molar-refractivity contribution >= 4 is 5.78 Å². The summed E-state index contributed by atoms with van der Waals surface area (Å²) in [5, 5.41) is 10.3. The molecule has 2 heteroatoms. The average molecular weight is 226 g/mol. The molecular weight excluding hydrogens is 200 g/mol. The molecular formula is C14H26O2. The topological polar surface area (TPSA) is 37.3 Å². The van der Waals surface area contributed by atoms with Crippen molar-refractivity contribution in [2.24, 2.45) is 11.8 Å². The lowest BCUT2D eigenvalue weighted by Gasteiger charge is -2.34. The molecule has 0 aliphatic heterocycles. The van der Waals surface area contributed by atoms with Gasteiger partial charge in [-0.15, -0.1) is 0 Å². The largest absolute Gasteiger partial charge is 0.382 e. The van der Waals surface area contributed by atoms with Gasteiger partial charge in [-0.3, -0.25) is 4.79 Å². The average Bonchev–Trinajstić information content (AvgIpc) is 2.23. The van der Waals surface area contributed by atoms with Crippen LogP contribution in [0.2, 0.25) is 0 Å². The van der Waals surface area contributed by atoms with Gasteiger partial charge in [0.1, 0.15) is 5.60 Å². The summed E-state index contributed by atoms with van der Waals surface area (Å²) in [5.74, 6) is 1.17.